The molecule has 0 saturated carbocycles. The van der Waals surface area contributed by atoms with E-state index in [1.165, 1.54) is 6.92 Å². The van der Waals surface area contributed by atoms with Crippen LogP contribution in [0.15, 0.2) is 6.07 Å². The van der Waals surface area contributed by atoms with Crippen LogP contribution in [0.1, 0.15) is 36.0 Å². The zero-order valence-corrected chi connectivity index (χ0v) is 10.0. The number of alkyl halides is 2. The Kier molecular flexibility index (Phi) is 3.30. The van der Waals surface area contributed by atoms with Crippen molar-refractivity contribution >= 4 is 6.09 Å². The summed E-state index contributed by atoms with van der Waals surface area (Å²) in [6.07, 6.45) is -4.23. The quantitative estimate of drug-likeness (QED) is 0.828. The fourth-order valence-electron chi connectivity index (χ4n) is 2.39. The topological polar surface area (TPSA) is 60.8 Å². The molecule has 1 heterocycles. The molecular formula is C12H12F3NO3. The van der Waals surface area contributed by atoms with E-state index in [1.54, 1.807) is 0 Å². The van der Waals surface area contributed by atoms with Crippen molar-refractivity contribution in [3.63, 3.8) is 0 Å². The Morgan fingerprint density at radius 2 is 2.16 bits per heavy atom. The number of halogens is 3. The highest BCUT2D eigenvalue weighted by Crippen LogP contribution is 2.39. The van der Waals surface area contributed by atoms with E-state index in [2.05, 4.69) is 0 Å². The second-order valence-corrected chi connectivity index (χ2v) is 4.56. The zero-order chi connectivity index (χ0) is 14.3. The van der Waals surface area contributed by atoms with Gasteiger partial charge in [0.1, 0.15) is 11.6 Å². The lowest BCUT2D eigenvalue weighted by Crippen LogP contribution is -2.37. The first kappa shape index (κ1) is 13.5. The fraction of sp³-hybridized carbons (Fsp3) is 0.417. The third-order valence-electron chi connectivity index (χ3n) is 3.26. The lowest BCUT2D eigenvalue weighted by molar-refractivity contribution is 0.132. The van der Waals surface area contributed by atoms with Crippen LogP contribution in [-0.2, 0) is 6.54 Å². The number of carboxylic acid groups (broad SMARTS) is 1. The molecule has 1 unspecified atom stereocenters. The number of phenolic OH excluding ortho intramolecular Hbond substituents is 1. The number of hydrogen-bond donors (Lipinski definition) is 2. The van der Waals surface area contributed by atoms with Gasteiger partial charge in [-0.3, -0.25) is 0 Å². The van der Waals surface area contributed by atoms with Gasteiger partial charge in [0.2, 0.25) is 0 Å². The number of amides is 1. The Balaban J connectivity index is 2.57. The predicted molar refractivity (Wildman–Crippen MR) is 59.9 cm³/mol. The van der Waals surface area contributed by atoms with E-state index in [0.29, 0.717) is 6.07 Å². The van der Waals surface area contributed by atoms with Gasteiger partial charge in [-0.1, -0.05) is 6.92 Å². The Morgan fingerprint density at radius 3 is 2.68 bits per heavy atom. The van der Waals surface area contributed by atoms with Crippen LogP contribution in [0, 0.1) is 5.82 Å². The Bertz CT molecular complexity index is 533. The average Bonchev–Trinajstić information content (AvgIpc) is 2.32. The van der Waals surface area contributed by atoms with E-state index in [9.17, 15) is 23.1 Å². The number of nitrogens with zero attached hydrogens (tertiary/aromatic N) is 1. The molecule has 7 heteroatoms. The minimum absolute atomic E-state index is 0.00534. The number of rotatable bonds is 1. The van der Waals surface area contributed by atoms with Gasteiger partial charge in [-0.15, -0.1) is 0 Å². The molecule has 2 rings (SSSR count). The first-order chi connectivity index (χ1) is 8.82. The van der Waals surface area contributed by atoms with Crippen molar-refractivity contribution in [2.75, 3.05) is 6.54 Å². The molecule has 104 valence electrons. The predicted octanol–water partition coefficient (Wildman–Crippen LogP) is 3.07. The number of benzene rings is 1. The molecular weight excluding hydrogens is 263 g/mol. The first-order valence-electron chi connectivity index (χ1n) is 5.63. The minimum Gasteiger partial charge on any atom is -0.508 e. The number of aromatic hydroxyl groups is 1. The van der Waals surface area contributed by atoms with E-state index < -0.39 is 35.6 Å². The molecule has 0 radical (unpaired) electrons. The second-order valence-electron chi connectivity index (χ2n) is 4.56. The van der Waals surface area contributed by atoms with Crippen molar-refractivity contribution in [2.24, 2.45) is 0 Å². The summed E-state index contributed by atoms with van der Waals surface area (Å²) in [4.78, 5) is 11.9. The largest absolute Gasteiger partial charge is 0.508 e. The Labute approximate surface area is 107 Å². The van der Waals surface area contributed by atoms with Gasteiger partial charge in [0.15, 0.2) is 0 Å². The highest BCUT2D eigenvalue weighted by Gasteiger charge is 2.32. The van der Waals surface area contributed by atoms with Gasteiger partial charge in [0.25, 0.3) is 6.43 Å². The van der Waals surface area contributed by atoms with E-state index >= 15 is 0 Å². The van der Waals surface area contributed by atoms with Crippen LogP contribution in [-0.4, -0.2) is 27.8 Å². The lowest BCUT2D eigenvalue weighted by atomic mass is 9.88. The molecule has 1 aliphatic heterocycles. The van der Waals surface area contributed by atoms with E-state index in [4.69, 9.17) is 5.11 Å². The van der Waals surface area contributed by atoms with Crippen molar-refractivity contribution in [3.05, 3.63) is 28.6 Å². The van der Waals surface area contributed by atoms with Crippen LogP contribution in [0.25, 0.3) is 0 Å². The minimum atomic E-state index is -3.03. The smallest absolute Gasteiger partial charge is 0.407 e. The molecule has 0 bridgehead atoms. The van der Waals surface area contributed by atoms with Gasteiger partial charge in [0, 0.05) is 23.6 Å². The summed E-state index contributed by atoms with van der Waals surface area (Å²) in [7, 11) is 0. The molecule has 4 nitrogen and oxygen atoms in total. The van der Waals surface area contributed by atoms with Crippen molar-refractivity contribution in [3.8, 4) is 5.75 Å². The van der Waals surface area contributed by atoms with Crippen LogP contribution in [0.5, 0.6) is 5.75 Å². The van der Waals surface area contributed by atoms with Crippen molar-refractivity contribution in [1.82, 2.24) is 4.90 Å². The summed E-state index contributed by atoms with van der Waals surface area (Å²) in [6, 6.07) is 0.664. The highest BCUT2D eigenvalue weighted by atomic mass is 19.3. The van der Waals surface area contributed by atoms with Crippen molar-refractivity contribution < 1.29 is 28.2 Å². The van der Waals surface area contributed by atoms with Crippen LogP contribution >= 0.6 is 0 Å². The third kappa shape index (κ3) is 2.20. The first-order valence-corrected chi connectivity index (χ1v) is 5.63. The van der Waals surface area contributed by atoms with Crippen LogP contribution in [0.4, 0.5) is 18.0 Å². The van der Waals surface area contributed by atoms with Gasteiger partial charge < -0.3 is 15.1 Å². The van der Waals surface area contributed by atoms with Gasteiger partial charge in [-0.25, -0.2) is 18.0 Å². The van der Waals surface area contributed by atoms with E-state index in [1.807, 2.05) is 0 Å². The molecule has 0 fully saturated rings. The molecule has 1 atom stereocenters. The summed E-state index contributed by atoms with van der Waals surface area (Å²) < 4.78 is 39.3. The molecule has 19 heavy (non-hydrogen) atoms. The lowest BCUT2D eigenvalue weighted by Gasteiger charge is -2.32. The summed E-state index contributed by atoms with van der Waals surface area (Å²) in [5.74, 6) is -2.14. The maximum Gasteiger partial charge on any atom is 0.407 e. The molecule has 1 aromatic carbocycles. The monoisotopic (exact) mass is 275 g/mol. The van der Waals surface area contributed by atoms with Gasteiger partial charge in [-0.05, 0) is 6.07 Å². The van der Waals surface area contributed by atoms with E-state index in [-0.39, 0.29) is 24.2 Å². The number of carbonyl (C=O) groups is 1. The second kappa shape index (κ2) is 4.64. The molecule has 0 aliphatic carbocycles. The molecule has 0 spiro atoms. The normalized spacial score (nSPS) is 18.6. The van der Waals surface area contributed by atoms with Gasteiger partial charge in [-0.2, -0.15) is 0 Å². The standard InChI is InChI=1S/C12H12F3NO3/c1-5-3-16(12(18)19)4-7-8(17)2-6(11(14)15)10(13)9(5)7/h2,5,11,17H,3-4H2,1H3,(H,18,19). The van der Waals surface area contributed by atoms with E-state index in [0.717, 1.165) is 4.90 Å². The molecule has 0 aromatic heterocycles. The Hall–Kier alpha value is -1.92. The zero-order valence-electron chi connectivity index (χ0n) is 10.0. The van der Waals surface area contributed by atoms with Crippen LogP contribution in [0.2, 0.25) is 0 Å². The fourth-order valence-corrected chi connectivity index (χ4v) is 2.39. The molecule has 0 saturated heterocycles. The van der Waals surface area contributed by atoms with Crippen molar-refractivity contribution in [1.29, 1.82) is 0 Å². The molecule has 2 N–H and O–H groups in total. The summed E-state index contributed by atoms with van der Waals surface area (Å²) in [5, 5.41) is 18.6. The summed E-state index contributed by atoms with van der Waals surface area (Å²) in [6.45, 7) is 1.33. The third-order valence-corrected chi connectivity index (χ3v) is 3.26. The molecule has 1 aromatic rings. The number of hydrogen-bond acceptors (Lipinski definition) is 2. The van der Waals surface area contributed by atoms with Crippen LogP contribution in [0.3, 0.4) is 0 Å². The highest BCUT2D eigenvalue weighted by molar-refractivity contribution is 5.66. The Morgan fingerprint density at radius 1 is 1.53 bits per heavy atom. The average molecular weight is 275 g/mol. The number of fused-ring (bicyclic) bond motifs is 1. The molecule has 1 amide bonds. The van der Waals surface area contributed by atoms with Crippen molar-refractivity contribution in [2.45, 2.75) is 25.8 Å². The maximum absolute atomic E-state index is 14.0. The van der Waals surface area contributed by atoms with Crippen LogP contribution < -0.4 is 0 Å². The van der Waals surface area contributed by atoms with Gasteiger partial charge in [0.05, 0.1) is 12.1 Å². The summed E-state index contributed by atoms with van der Waals surface area (Å²) in [5.41, 5.74) is -0.817. The van der Waals surface area contributed by atoms with Gasteiger partial charge >= 0.3 is 6.09 Å². The number of phenols is 1. The maximum atomic E-state index is 14.0. The summed E-state index contributed by atoms with van der Waals surface area (Å²) >= 11 is 0. The SMILES string of the molecule is CC1CN(C(=O)O)Cc2c(O)cc(C(F)F)c(F)c21. The molecule has 1 aliphatic rings.